The second-order valence-electron chi connectivity index (χ2n) is 8.95. The van der Waals surface area contributed by atoms with Crippen molar-refractivity contribution in [2.24, 2.45) is 0 Å². The molecule has 0 aliphatic carbocycles. The van der Waals surface area contributed by atoms with E-state index in [2.05, 4.69) is 9.97 Å². The molecular formula is C25H29ClN4O4S. The number of fused-ring (bicyclic) bond motifs is 1. The molecule has 2 heterocycles. The van der Waals surface area contributed by atoms with E-state index in [9.17, 15) is 18.0 Å². The normalized spacial score (nSPS) is 14.9. The Kier molecular flexibility index (Phi) is 7.47. The van der Waals surface area contributed by atoms with Crippen LogP contribution in [0, 0.1) is 6.92 Å². The van der Waals surface area contributed by atoms with Crippen LogP contribution in [-0.4, -0.2) is 64.9 Å². The molecule has 2 aromatic carbocycles. The van der Waals surface area contributed by atoms with Crippen LogP contribution in [0.25, 0.3) is 10.8 Å². The fourth-order valence-corrected chi connectivity index (χ4v) is 5.97. The van der Waals surface area contributed by atoms with Gasteiger partial charge in [-0.15, -0.1) is 0 Å². The molecule has 35 heavy (non-hydrogen) atoms. The van der Waals surface area contributed by atoms with Crippen molar-refractivity contribution >= 4 is 44.0 Å². The van der Waals surface area contributed by atoms with E-state index in [0.29, 0.717) is 37.5 Å². The topological polar surface area (TPSA) is 103 Å². The molecule has 1 aliphatic rings. The number of aryl methyl sites for hydroxylation is 1. The number of rotatable bonds is 7. The maximum atomic E-state index is 12.9. The molecule has 1 fully saturated rings. The van der Waals surface area contributed by atoms with Crippen molar-refractivity contribution in [3.63, 3.8) is 0 Å². The molecule has 2 amide bonds. The maximum Gasteiger partial charge on any atom is 0.223 e. The SMILES string of the molecule is CC(=O)N(Cc1[nH]cnc1C)C1CCN(C(=O)CCS(=O)(=O)c2ccc3cc(Cl)ccc3c2)CC1. The Balaban J connectivity index is 1.33. The zero-order valence-electron chi connectivity index (χ0n) is 19.8. The molecule has 8 nitrogen and oxygen atoms in total. The molecule has 0 bridgehead atoms. The number of halogens is 1. The smallest absolute Gasteiger partial charge is 0.223 e. The molecule has 10 heteroatoms. The number of H-pyrrole nitrogens is 1. The first-order valence-electron chi connectivity index (χ1n) is 11.6. The Morgan fingerprint density at radius 2 is 1.83 bits per heavy atom. The van der Waals surface area contributed by atoms with Crippen molar-refractivity contribution in [1.82, 2.24) is 19.8 Å². The number of likely N-dealkylation sites (tertiary alicyclic amines) is 1. The predicted octanol–water partition coefficient (Wildman–Crippen LogP) is 3.73. The van der Waals surface area contributed by atoms with Gasteiger partial charge in [-0.2, -0.15) is 0 Å². The number of nitrogens with zero attached hydrogens (tertiary/aromatic N) is 3. The summed E-state index contributed by atoms with van der Waals surface area (Å²) < 4.78 is 25.8. The van der Waals surface area contributed by atoms with Gasteiger partial charge in [-0.3, -0.25) is 9.59 Å². The van der Waals surface area contributed by atoms with Gasteiger partial charge < -0.3 is 14.8 Å². The molecule has 1 aromatic heterocycles. The van der Waals surface area contributed by atoms with Gasteiger partial charge in [0.25, 0.3) is 0 Å². The summed E-state index contributed by atoms with van der Waals surface area (Å²) >= 11 is 6.00. The van der Waals surface area contributed by atoms with E-state index in [1.807, 2.05) is 11.8 Å². The highest BCUT2D eigenvalue weighted by Crippen LogP contribution is 2.24. The highest BCUT2D eigenvalue weighted by molar-refractivity contribution is 7.91. The maximum absolute atomic E-state index is 12.9. The quantitative estimate of drug-likeness (QED) is 0.515. The Hall–Kier alpha value is -2.91. The van der Waals surface area contributed by atoms with Crippen LogP contribution < -0.4 is 0 Å². The summed E-state index contributed by atoms with van der Waals surface area (Å²) in [4.78, 5) is 36.1. The van der Waals surface area contributed by atoms with Crippen molar-refractivity contribution in [2.75, 3.05) is 18.8 Å². The fraction of sp³-hybridized carbons (Fsp3) is 0.400. The number of carbonyl (C=O) groups excluding carboxylic acids is 2. The van der Waals surface area contributed by atoms with Crippen LogP contribution in [0.5, 0.6) is 0 Å². The third-order valence-corrected chi connectivity index (χ3v) is 8.59. The van der Waals surface area contributed by atoms with Crippen molar-refractivity contribution in [2.45, 2.75) is 50.6 Å². The van der Waals surface area contributed by atoms with Crippen molar-refractivity contribution in [1.29, 1.82) is 0 Å². The highest BCUT2D eigenvalue weighted by Gasteiger charge is 2.29. The molecule has 4 rings (SSSR count). The summed E-state index contributed by atoms with van der Waals surface area (Å²) in [5.74, 6) is -0.449. The molecule has 0 radical (unpaired) electrons. The van der Waals surface area contributed by atoms with Gasteiger partial charge in [-0.1, -0.05) is 23.7 Å². The minimum Gasteiger partial charge on any atom is -0.347 e. The van der Waals surface area contributed by atoms with Gasteiger partial charge in [0.2, 0.25) is 11.8 Å². The molecule has 1 N–H and O–H groups in total. The summed E-state index contributed by atoms with van der Waals surface area (Å²) in [6, 6.07) is 10.2. The lowest BCUT2D eigenvalue weighted by molar-refractivity contribution is -0.135. The number of sulfone groups is 1. The number of amides is 2. The number of piperidine rings is 1. The van der Waals surface area contributed by atoms with E-state index in [4.69, 9.17) is 11.6 Å². The van der Waals surface area contributed by atoms with E-state index in [-0.39, 0.29) is 34.9 Å². The molecule has 3 aromatic rings. The summed E-state index contributed by atoms with van der Waals surface area (Å²) in [5, 5.41) is 2.23. The lowest BCUT2D eigenvalue weighted by Gasteiger charge is -2.38. The Morgan fingerprint density at radius 1 is 1.14 bits per heavy atom. The van der Waals surface area contributed by atoms with E-state index in [0.717, 1.165) is 22.2 Å². The third kappa shape index (κ3) is 5.85. The predicted molar refractivity (Wildman–Crippen MR) is 135 cm³/mol. The van der Waals surface area contributed by atoms with Gasteiger partial charge >= 0.3 is 0 Å². The van der Waals surface area contributed by atoms with Crippen LogP contribution >= 0.6 is 11.6 Å². The molecule has 0 spiro atoms. The number of hydrogen-bond donors (Lipinski definition) is 1. The van der Waals surface area contributed by atoms with E-state index in [1.165, 1.54) is 0 Å². The first-order chi connectivity index (χ1) is 16.6. The van der Waals surface area contributed by atoms with Crippen LogP contribution in [0.1, 0.15) is 37.6 Å². The highest BCUT2D eigenvalue weighted by atomic mass is 35.5. The van der Waals surface area contributed by atoms with Gasteiger partial charge in [-0.05, 0) is 54.8 Å². The number of carbonyl (C=O) groups is 2. The second kappa shape index (κ2) is 10.4. The number of aromatic amines is 1. The van der Waals surface area contributed by atoms with Crippen molar-refractivity contribution in [3.8, 4) is 0 Å². The lowest BCUT2D eigenvalue weighted by atomic mass is 10.0. The summed E-state index contributed by atoms with van der Waals surface area (Å²) in [7, 11) is -3.61. The summed E-state index contributed by atoms with van der Waals surface area (Å²) in [6.07, 6.45) is 2.85. The molecule has 1 saturated heterocycles. The number of nitrogens with one attached hydrogen (secondary N) is 1. The number of benzene rings is 2. The molecule has 186 valence electrons. The van der Waals surface area contributed by atoms with E-state index >= 15 is 0 Å². The summed E-state index contributed by atoms with van der Waals surface area (Å²) in [6.45, 7) is 4.89. The largest absolute Gasteiger partial charge is 0.347 e. The molecule has 0 unspecified atom stereocenters. The number of aromatic nitrogens is 2. The van der Waals surface area contributed by atoms with Gasteiger partial charge in [0.15, 0.2) is 9.84 Å². The zero-order valence-corrected chi connectivity index (χ0v) is 21.4. The van der Waals surface area contributed by atoms with Crippen LogP contribution in [0.3, 0.4) is 0 Å². The Bertz CT molecular complexity index is 1350. The standard InChI is InChI=1S/C25H29ClN4O4S/c1-17-24(28-16-27-17)15-30(18(2)31)22-7-10-29(11-8-22)25(32)9-12-35(33,34)23-6-4-19-13-21(26)5-3-20(19)14-23/h3-6,13-14,16,22H,7-12,15H2,1-2H3,(H,27,28). The monoisotopic (exact) mass is 516 g/mol. The van der Waals surface area contributed by atoms with Gasteiger partial charge in [0.1, 0.15) is 0 Å². The van der Waals surface area contributed by atoms with Gasteiger partial charge in [-0.25, -0.2) is 13.4 Å². The number of hydrogen-bond acceptors (Lipinski definition) is 5. The molecule has 0 atom stereocenters. The van der Waals surface area contributed by atoms with E-state index in [1.54, 1.807) is 54.5 Å². The lowest BCUT2D eigenvalue weighted by Crippen LogP contribution is -2.48. The van der Waals surface area contributed by atoms with Crippen molar-refractivity contribution in [3.05, 3.63) is 59.1 Å². The van der Waals surface area contributed by atoms with Crippen LogP contribution in [0.2, 0.25) is 5.02 Å². The average molecular weight is 517 g/mol. The van der Waals surface area contributed by atoms with E-state index < -0.39 is 9.84 Å². The van der Waals surface area contributed by atoms with Crippen LogP contribution in [0.4, 0.5) is 0 Å². The van der Waals surface area contributed by atoms with Gasteiger partial charge in [0.05, 0.1) is 34.9 Å². The second-order valence-corrected chi connectivity index (χ2v) is 11.5. The van der Waals surface area contributed by atoms with Crippen molar-refractivity contribution < 1.29 is 18.0 Å². The molecule has 1 aliphatic heterocycles. The third-order valence-electron chi connectivity index (χ3n) is 6.64. The number of imidazole rings is 1. The minimum absolute atomic E-state index is 0.0208. The molecular weight excluding hydrogens is 488 g/mol. The first kappa shape index (κ1) is 25.2. The van der Waals surface area contributed by atoms with Crippen LogP contribution in [-0.2, 0) is 26.0 Å². The van der Waals surface area contributed by atoms with Crippen LogP contribution in [0.15, 0.2) is 47.6 Å². The zero-order chi connectivity index (χ0) is 25.2. The molecule has 0 saturated carbocycles. The Morgan fingerprint density at radius 3 is 2.49 bits per heavy atom. The average Bonchev–Trinajstić information content (AvgIpc) is 3.25. The van der Waals surface area contributed by atoms with Gasteiger partial charge in [0, 0.05) is 37.5 Å². The minimum atomic E-state index is -3.61. The Labute approximate surface area is 210 Å². The first-order valence-corrected chi connectivity index (χ1v) is 13.6. The summed E-state index contributed by atoms with van der Waals surface area (Å²) in [5.41, 5.74) is 1.76. The fourth-order valence-electron chi connectivity index (χ4n) is 4.53.